The standard InChI is InChI=1S/C14H18N4O/c1-9-7-12(19-3)10(2)6-11(9)17-13-4-5-16-14(8-15)18-13/h4-7H,8,15H2,1-3H3,(H,16,17,18). The van der Waals surface area contributed by atoms with Crippen LogP contribution >= 0.6 is 0 Å². The number of hydrogen-bond donors (Lipinski definition) is 2. The molecule has 0 fully saturated rings. The second kappa shape index (κ2) is 5.67. The molecule has 19 heavy (non-hydrogen) atoms. The van der Waals surface area contributed by atoms with Crippen molar-refractivity contribution in [3.05, 3.63) is 41.3 Å². The highest BCUT2D eigenvalue weighted by atomic mass is 16.5. The average Bonchev–Trinajstić information content (AvgIpc) is 2.42. The zero-order valence-corrected chi connectivity index (χ0v) is 11.4. The maximum absolute atomic E-state index is 5.53. The Morgan fingerprint density at radius 2 is 2.05 bits per heavy atom. The summed E-state index contributed by atoms with van der Waals surface area (Å²) in [6, 6.07) is 5.86. The molecule has 0 unspecified atom stereocenters. The molecule has 0 aliphatic carbocycles. The largest absolute Gasteiger partial charge is 0.496 e. The highest BCUT2D eigenvalue weighted by molar-refractivity contribution is 5.63. The maximum atomic E-state index is 5.53. The van der Waals surface area contributed by atoms with Gasteiger partial charge in [-0.3, -0.25) is 0 Å². The minimum Gasteiger partial charge on any atom is -0.496 e. The molecular weight excluding hydrogens is 240 g/mol. The van der Waals surface area contributed by atoms with Gasteiger partial charge in [-0.1, -0.05) is 0 Å². The molecule has 1 heterocycles. The second-order valence-corrected chi connectivity index (χ2v) is 4.32. The molecule has 0 atom stereocenters. The summed E-state index contributed by atoms with van der Waals surface area (Å²) in [6.45, 7) is 4.36. The molecule has 100 valence electrons. The van der Waals surface area contributed by atoms with Gasteiger partial charge in [0.25, 0.3) is 0 Å². The van der Waals surface area contributed by atoms with Crippen LogP contribution in [0.5, 0.6) is 5.75 Å². The summed E-state index contributed by atoms with van der Waals surface area (Å²) in [4.78, 5) is 8.39. The van der Waals surface area contributed by atoms with Crippen molar-refractivity contribution in [3.63, 3.8) is 0 Å². The first-order valence-corrected chi connectivity index (χ1v) is 6.08. The van der Waals surface area contributed by atoms with E-state index in [1.807, 2.05) is 32.0 Å². The summed E-state index contributed by atoms with van der Waals surface area (Å²) in [5, 5.41) is 3.28. The molecule has 1 aromatic carbocycles. The quantitative estimate of drug-likeness (QED) is 0.880. The Balaban J connectivity index is 2.30. The summed E-state index contributed by atoms with van der Waals surface area (Å²) in [5.74, 6) is 2.24. The van der Waals surface area contributed by atoms with Crippen LogP contribution in [0, 0.1) is 13.8 Å². The lowest BCUT2D eigenvalue weighted by atomic mass is 10.1. The summed E-state index contributed by atoms with van der Waals surface area (Å²) >= 11 is 0. The first kappa shape index (κ1) is 13.3. The number of anilines is 2. The molecule has 3 N–H and O–H groups in total. The lowest BCUT2D eigenvalue weighted by Gasteiger charge is -2.13. The smallest absolute Gasteiger partial charge is 0.144 e. The molecule has 0 spiro atoms. The third kappa shape index (κ3) is 3.00. The Kier molecular flexibility index (Phi) is 3.97. The predicted molar refractivity (Wildman–Crippen MR) is 75.7 cm³/mol. The lowest BCUT2D eigenvalue weighted by Crippen LogP contribution is -2.05. The van der Waals surface area contributed by atoms with Crippen molar-refractivity contribution in [2.75, 3.05) is 12.4 Å². The van der Waals surface area contributed by atoms with E-state index in [0.717, 1.165) is 28.4 Å². The number of hydrogen-bond acceptors (Lipinski definition) is 5. The zero-order valence-electron chi connectivity index (χ0n) is 11.4. The number of aryl methyl sites for hydroxylation is 2. The van der Waals surface area contributed by atoms with Crippen LogP contribution in [0.2, 0.25) is 0 Å². The number of nitrogens with one attached hydrogen (secondary N) is 1. The fraction of sp³-hybridized carbons (Fsp3) is 0.286. The van der Waals surface area contributed by atoms with Crippen molar-refractivity contribution >= 4 is 11.5 Å². The molecule has 1 aromatic heterocycles. The topological polar surface area (TPSA) is 73.1 Å². The van der Waals surface area contributed by atoms with Gasteiger partial charge in [-0.15, -0.1) is 0 Å². The minimum atomic E-state index is 0.330. The highest BCUT2D eigenvalue weighted by Gasteiger charge is 2.06. The Labute approximate surface area is 112 Å². The van der Waals surface area contributed by atoms with Gasteiger partial charge in [0, 0.05) is 11.9 Å². The predicted octanol–water partition coefficient (Wildman–Crippen LogP) is 2.30. The molecule has 0 radical (unpaired) electrons. The lowest BCUT2D eigenvalue weighted by molar-refractivity contribution is 0.411. The number of benzene rings is 1. The molecule has 0 saturated carbocycles. The molecule has 0 amide bonds. The monoisotopic (exact) mass is 258 g/mol. The molecule has 0 saturated heterocycles. The Bertz CT molecular complexity index is 584. The molecule has 0 aliphatic heterocycles. The van der Waals surface area contributed by atoms with E-state index < -0.39 is 0 Å². The van der Waals surface area contributed by atoms with E-state index in [9.17, 15) is 0 Å². The van der Waals surface area contributed by atoms with E-state index >= 15 is 0 Å². The number of nitrogens with two attached hydrogens (primary N) is 1. The van der Waals surface area contributed by atoms with Crippen molar-refractivity contribution in [2.45, 2.75) is 20.4 Å². The van der Waals surface area contributed by atoms with Crippen molar-refractivity contribution in [1.29, 1.82) is 0 Å². The van der Waals surface area contributed by atoms with Gasteiger partial charge in [-0.25, -0.2) is 9.97 Å². The summed E-state index contributed by atoms with van der Waals surface area (Å²) in [6.07, 6.45) is 1.70. The van der Waals surface area contributed by atoms with E-state index in [1.165, 1.54) is 0 Å². The highest BCUT2D eigenvalue weighted by Crippen LogP contribution is 2.27. The average molecular weight is 258 g/mol. The molecule has 2 aromatic rings. The number of methoxy groups -OCH3 is 1. The van der Waals surface area contributed by atoms with Gasteiger partial charge in [0.05, 0.1) is 13.7 Å². The van der Waals surface area contributed by atoms with Gasteiger partial charge in [0.2, 0.25) is 0 Å². The molecule has 0 bridgehead atoms. The molecule has 0 aliphatic rings. The van der Waals surface area contributed by atoms with Crippen LogP contribution < -0.4 is 15.8 Å². The first-order chi connectivity index (χ1) is 9.13. The van der Waals surface area contributed by atoms with Crippen LogP contribution in [-0.4, -0.2) is 17.1 Å². The van der Waals surface area contributed by atoms with Crippen LogP contribution in [0.1, 0.15) is 17.0 Å². The van der Waals surface area contributed by atoms with Crippen molar-refractivity contribution in [2.24, 2.45) is 5.73 Å². The fourth-order valence-electron chi connectivity index (χ4n) is 1.85. The van der Waals surface area contributed by atoms with Gasteiger partial charge >= 0.3 is 0 Å². The van der Waals surface area contributed by atoms with Crippen LogP contribution in [-0.2, 0) is 6.54 Å². The van der Waals surface area contributed by atoms with Crippen molar-refractivity contribution < 1.29 is 4.74 Å². The van der Waals surface area contributed by atoms with Crippen LogP contribution in [0.3, 0.4) is 0 Å². The van der Waals surface area contributed by atoms with Gasteiger partial charge < -0.3 is 15.8 Å². The van der Waals surface area contributed by atoms with E-state index in [1.54, 1.807) is 13.3 Å². The Morgan fingerprint density at radius 1 is 1.26 bits per heavy atom. The first-order valence-electron chi connectivity index (χ1n) is 6.08. The van der Waals surface area contributed by atoms with Gasteiger partial charge in [-0.2, -0.15) is 0 Å². The van der Waals surface area contributed by atoms with Crippen LogP contribution in [0.15, 0.2) is 24.4 Å². The Hall–Kier alpha value is -2.14. The zero-order chi connectivity index (χ0) is 13.8. The Morgan fingerprint density at radius 3 is 2.74 bits per heavy atom. The minimum absolute atomic E-state index is 0.330. The van der Waals surface area contributed by atoms with E-state index in [2.05, 4.69) is 15.3 Å². The van der Waals surface area contributed by atoms with E-state index in [4.69, 9.17) is 10.5 Å². The SMILES string of the molecule is COc1cc(C)c(Nc2ccnc(CN)n2)cc1C. The number of nitrogens with zero attached hydrogens (tertiary/aromatic N) is 2. The van der Waals surface area contributed by atoms with Crippen molar-refractivity contribution in [3.8, 4) is 5.75 Å². The molecule has 2 rings (SSSR count). The number of rotatable bonds is 4. The van der Waals surface area contributed by atoms with Crippen LogP contribution in [0.4, 0.5) is 11.5 Å². The van der Waals surface area contributed by atoms with Gasteiger partial charge in [0.1, 0.15) is 17.4 Å². The normalized spacial score (nSPS) is 10.3. The molecular formula is C14H18N4O. The summed E-state index contributed by atoms with van der Waals surface area (Å²) in [5.41, 5.74) is 8.70. The van der Waals surface area contributed by atoms with Crippen molar-refractivity contribution in [1.82, 2.24) is 9.97 Å². The van der Waals surface area contributed by atoms with Gasteiger partial charge in [-0.05, 0) is 43.2 Å². The summed E-state index contributed by atoms with van der Waals surface area (Å²) < 4.78 is 5.30. The van der Waals surface area contributed by atoms with Gasteiger partial charge in [0.15, 0.2) is 0 Å². The molecule has 5 heteroatoms. The maximum Gasteiger partial charge on any atom is 0.144 e. The van der Waals surface area contributed by atoms with Crippen LogP contribution in [0.25, 0.3) is 0 Å². The number of aromatic nitrogens is 2. The number of ether oxygens (including phenoxy) is 1. The van der Waals surface area contributed by atoms with E-state index in [0.29, 0.717) is 12.4 Å². The third-order valence-electron chi connectivity index (χ3n) is 2.89. The molecule has 5 nitrogen and oxygen atoms in total. The summed E-state index contributed by atoms with van der Waals surface area (Å²) in [7, 11) is 1.67. The van der Waals surface area contributed by atoms with E-state index in [-0.39, 0.29) is 0 Å². The third-order valence-corrected chi connectivity index (χ3v) is 2.89. The second-order valence-electron chi connectivity index (χ2n) is 4.32. The fourth-order valence-corrected chi connectivity index (χ4v) is 1.85.